The average molecular weight is 338 g/mol. The summed E-state index contributed by atoms with van der Waals surface area (Å²) in [7, 11) is -3.47. The van der Waals surface area contributed by atoms with E-state index in [1.165, 1.54) is 0 Å². The Kier molecular flexibility index (Phi) is 6.26. The zero-order chi connectivity index (χ0) is 13.9. The van der Waals surface area contributed by atoms with Crippen molar-refractivity contribution >= 4 is 40.0 Å². The molecule has 1 heterocycles. The van der Waals surface area contributed by atoms with Gasteiger partial charge in [-0.05, 0) is 35.4 Å². The van der Waals surface area contributed by atoms with Crippen LogP contribution in [0.2, 0.25) is 0 Å². The van der Waals surface area contributed by atoms with Gasteiger partial charge in [0.25, 0.3) is 0 Å². The lowest BCUT2D eigenvalue weighted by molar-refractivity contribution is 0.593. The Labute approximate surface area is 130 Å². The number of amidine groups is 1. The second kappa shape index (κ2) is 7.26. The van der Waals surface area contributed by atoms with Gasteiger partial charge in [-0.1, -0.05) is 18.2 Å². The molecule has 2 rings (SSSR count). The van der Waals surface area contributed by atoms with Gasteiger partial charge in [0.15, 0.2) is 0 Å². The third-order valence-corrected chi connectivity index (χ3v) is 4.62. The minimum Gasteiger partial charge on any atom is -0.372 e. The van der Waals surface area contributed by atoms with Gasteiger partial charge in [0, 0.05) is 13.0 Å². The Morgan fingerprint density at radius 1 is 1.45 bits per heavy atom. The lowest BCUT2D eigenvalue weighted by Crippen LogP contribution is -2.21. The highest BCUT2D eigenvalue weighted by Crippen LogP contribution is 2.15. The van der Waals surface area contributed by atoms with Crippen LogP contribution in [0.15, 0.2) is 23.2 Å². The summed E-state index contributed by atoms with van der Waals surface area (Å²) in [6.07, 6.45) is 0.696. The van der Waals surface area contributed by atoms with Crippen molar-refractivity contribution in [3.8, 4) is 0 Å². The van der Waals surface area contributed by atoms with Crippen LogP contribution in [-0.2, 0) is 22.2 Å². The Morgan fingerprint density at radius 2 is 2.20 bits per heavy atom. The quantitative estimate of drug-likeness (QED) is 0.800. The predicted molar refractivity (Wildman–Crippen MR) is 84.0 cm³/mol. The number of aliphatic imine (C=N–C) groups is 1. The molecule has 1 aromatic rings. The number of nitrogens with zero attached hydrogens (tertiary/aromatic N) is 1. The van der Waals surface area contributed by atoms with Gasteiger partial charge in [-0.25, -0.2) is 8.42 Å². The highest BCUT2D eigenvalue weighted by atomic mass is 35.5. The molecule has 0 radical (unpaired) electrons. The summed E-state index contributed by atoms with van der Waals surface area (Å²) < 4.78 is 24.8. The summed E-state index contributed by atoms with van der Waals surface area (Å²) in [5.41, 5.74) is 2.73. The van der Waals surface area contributed by atoms with Crippen molar-refractivity contribution in [2.75, 3.05) is 13.1 Å². The number of rotatable bonds is 5. The van der Waals surface area contributed by atoms with Crippen LogP contribution in [0.5, 0.6) is 0 Å². The third kappa shape index (κ3) is 4.63. The van der Waals surface area contributed by atoms with E-state index in [1.807, 2.05) is 29.4 Å². The topological polar surface area (TPSA) is 70.6 Å². The van der Waals surface area contributed by atoms with E-state index in [2.05, 4.69) is 10.3 Å². The number of hydrogen-bond acceptors (Lipinski definition) is 4. The lowest BCUT2D eigenvalue weighted by atomic mass is 10.0. The first-order chi connectivity index (χ1) is 9.00. The van der Waals surface area contributed by atoms with Gasteiger partial charge < -0.3 is 5.32 Å². The molecule has 20 heavy (non-hydrogen) atoms. The van der Waals surface area contributed by atoms with E-state index < -0.39 is 10.0 Å². The molecule has 0 atom stereocenters. The molecule has 8 heteroatoms. The van der Waals surface area contributed by atoms with E-state index in [0.717, 1.165) is 35.6 Å². The highest BCUT2D eigenvalue weighted by Gasteiger charge is 2.13. The number of hydrogen-bond donors (Lipinski definition) is 2. The van der Waals surface area contributed by atoms with E-state index >= 15 is 0 Å². The number of halogens is 2. The van der Waals surface area contributed by atoms with E-state index in [9.17, 15) is 8.42 Å². The van der Waals surface area contributed by atoms with Gasteiger partial charge in [-0.15, -0.1) is 16.6 Å². The van der Waals surface area contributed by atoms with E-state index in [4.69, 9.17) is 11.8 Å². The first-order valence-electron chi connectivity index (χ1n) is 5.96. The highest BCUT2D eigenvalue weighted by molar-refractivity contribution is 7.89. The summed E-state index contributed by atoms with van der Waals surface area (Å²) in [4.78, 5) is 4.33. The molecule has 0 fully saturated rings. The van der Waals surface area contributed by atoms with E-state index in [0.29, 0.717) is 6.42 Å². The van der Waals surface area contributed by atoms with Crippen molar-refractivity contribution in [2.45, 2.75) is 19.1 Å². The Bertz CT molecular complexity index is 603. The van der Waals surface area contributed by atoms with Crippen LogP contribution in [0, 0.1) is 6.92 Å². The van der Waals surface area contributed by atoms with Crippen LogP contribution in [0.1, 0.15) is 16.7 Å². The summed E-state index contributed by atoms with van der Waals surface area (Å²) in [5, 5.41) is 3.20. The molecule has 0 spiro atoms. The Morgan fingerprint density at radius 3 is 2.80 bits per heavy atom. The lowest BCUT2D eigenvalue weighted by Gasteiger charge is -2.09. The van der Waals surface area contributed by atoms with Crippen molar-refractivity contribution in [1.29, 1.82) is 0 Å². The molecule has 0 aliphatic carbocycles. The summed E-state index contributed by atoms with van der Waals surface area (Å²) >= 11 is 5.21. The van der Waals surface area contributed by atoms with Crippen molar-refractivity contribution in [3.05, 3.63) is 34.9 Å². The molecule has 0 amide bonds. The molecule has 0 saturated heterocycles. The minimum absolute atomic E-state index is 0. The van der Waals surface area contributed by atoms with Gasteiger partial charge in [0.05, 0.1) is 12.3 Å². The predicted octanol–water partition coefficient (Wildman–Crippen LogP) is 1.53. The smallest absolute Gasteiger partial charge is 0.229 e. The van der Waals surface area contributed by atoms with Crippen molar-refractivity contribution in [1.82, 2.24) is 9.56 Å². The fourth-order valence-electron chi connectivity index (χ4n) is 1.98. The molecule has 112 valence electrons. The average Bonchev–Trinajstić information content (AvgIpc) is 2.86. The molecule has 1 aliphatic rings. The van der Waals surface area contributed by atoms with Gasteiger partial charge in [-0.3, -0.25) is 4.99 Å². The fourth-order valence-corrected chi connectivity index (χ4v) is 2.92. The van der Waals surface area contributed by atoms with Crippen molar-refractivity contribution < 1.29 is 8.42 Å². The van der Waals surface area contributed by atoms with Crippen LogP contribution in [0.4, 0.5) is 0 Å². The summed E-state index contributed by atoms with van der Waals surface area (Å²) in [5.74, 6) is 0.837. The zero-order valence-corrected chi connectivity index (χ0v) is 13.4. The standard InChI is InChI=1S/C12H16ClN3O2S.ClH/c1-9-2-3-10(7-12-14-4-5-15-12)6-11(9)8-19(17,18)16-13;/h2-3,6,16H,4-5,7-8H2,1H3,(H,14,15);1H. The first-order valence-corrected chi connectivity index (χ1v) is 7.99. The fraction of sp³-hybridized carbons (Fsp3) is 0.417. The van der Waals surface area contributed by atoms with Crippen LogP contribution in [0.25, 0.3) is 0 Å². The third-order valence-electron chi connectivity index (χ3n) is 2.99. The maximum Gasteiger partial charge on any atom is 0.229 e. The molecule has 0 bridgehead atoms. The molecule has 1 aliphatic heterocycles. The number of benzene rings is 1. The second-order valence-electron chi connectivity index (χ2n) is 4.53. The molecule has 5 nitrogen and oxygen atoms in total. The number of sulfonamides is 1. The number of nitrogens with one attached hydrogen (secondary N) is 2. The SMILES string of the molecule is Cc1ccc(CC2=NCCN2)cc1CS(=O)(=O)NCl.Cl. The summed E-state index contributed by atoms with van der Waals surface area (Å²) in [6.45, 7) is 3.56. The molecule has 0 unspecified atom stereocenters. The summed E-state index contributed by atoms with van der Waals surface area (Å²) in [6, 6.07) is 5.80. The molecule has 2 N–H and O–H groups in total. The second-order valence-corrected chi connectivity index (χ2v) is 6.66. The molecular formula is C12H17Cl2N3O2S. The van der Waals surface area contributed by atoms with Crippen LogP contribution >= 0.6 is 24.2 Å². The largest absolute Gasteiger partial charge is 0.372 e. The Hall–Kier alpha value is -0.820. The van der Waals surface area contributed by atoms with E-state index in [-0.39, 0.29) is 18.2 Å². The van der Waals surface area contributed by atoms with E-state index in [1.54, 1.807) is 0 Å². The van der Waals surface area contributed by atoms with Gasteiger partial charge >= 0.3 is 0 Å². The van der Waals surface area contributed by atoms with Crippen LogP contribution in [0.3, 0.4) is 0 Å². The number of aryl methyl sites for hydroxylation is 1. The monoisotopic (exact) mass is 337 g/mol. The maximum absolute atomic E-state index is 11.5. The maximum atomic E-state index is 11.5. The van der Waals surface area contributed by atoms with Gasteiger partial charge in [0.1, 0.15) is 5.84 Å². The van der Waals surface area contributed by atoms with Crippen molar-refractivity contribution in [3.63, 3.8) is 0 Å². The zero-order valence-electron chi connectivity index (χ0n) is 11.0. The van der Waals surface area contributed by atoms with Crippen molar-refractivity contribution in [2.24, 2.45) is 4.99 Å². The molecular weight excluding hydrogens is 321 g/mol. The normalized spacial score (nSPS) is 14.4. The molecule has 0 aromatic heterocycles. The van der Waals surface area contributed by atoms with Gasteiger partial charge in [0.2, 0.25) is 10.0 Å². The minimum atomic E-state index is -3.47. The molecule has 1 aromatic carbocycles. The van der Waals surface area contributed by atoms with Crippen LogP contribution in [-0.4, -0.2) is 27.3 Å². The first kappa shape index (κ1) is 17.2. The molecule has 0 saturated carbocycles. The van der Waals surface area contributed by atoms with Gasteiger partial charge in [-0.2, -0.15) is 0 Å². The van der Waals surface area contributed by atoms with Crippen LogP contribution < -0.4 is 9.56 Å². The Balaban J connectivity index is 0.00000200.